The first-order valence-corrected chi connectivity index (χ1v) is 4.13. The molecule has 0 fully saturated rings. The molecular weight excluding hydrogens is 168 g/mol. The summed E-state index contributed by atoms with van der Waals surface area (Å²) >= 11 is 0. The maximum atomic E-state index is 5.61. The molecule has 6 heteroatoms. The van der Waals surface area contributed by atoms with Crippen molar-refractivity contribution in [2.24, 2.45) is 5.73 Å². The molecule has 0 atom stereocenters. The molecule has 0 aliphatic rings. The van der Waals surface area contributed by atoms with Crippen LogP contribution in [-0.2, 0) is 6.54 Å². The molecule has 1 heterocycles. The molecule has 1 aromatic rings. The van der Waals surface area contributed by atoms with Gasteiger partial charge in [-0.15, -0.1) is 5.10 Å². The molecule has 0 aromatic carbocycles. The Balaban J connectivity index is 3.17. The summed E-state index contributed by atoms with van der Waals surface area (Å²) in [6, 6.07) is 0. The molecule has 1 aromatic heterocycles. The van der Waals surface area contributed by atoms with Gasteiger partial charge in [-0.3, -0.25) is 0 Å². The van der Waals surface area contributed by atoms with Crippen LogP contribution in [0.3, 0.4) is 0 Å². The van der Waals surface area contributed by atoms with E-state index in [1.54, 1.807) is 11.8 Å². The summed E-state index contributed by atoms with van der Waals surface area (Å²) in [6.07, 6.45) is 0. The summed E-state index contributed by atoms with van der Waals surface area (Å²) in [5.41, 5.74) is 9.50. The van der Waals surface area contributed by atoms with Crippen molar-refractivity contribution < 1.29 is 0 Å². The van der Waals surface area contributed by atoms with Gasteiger partial charge >= 0.3 is 0 Å². The van der Waals surface area contributed by atoms with E-state index >= 15 is 0 Å². The Labute approximate surface area is 77.5 Å². The summed E-state index contributed by atoms with van der Waals surface area (Å²) in [4.78, 5) is 1.65. The third-order valence-electron chi connectivity index (χ3n) is 1.87. The van der Waals surface area contributed by atoms with E-state index in [4.69, 9.17) is 5.73 Å². The second-order valence-electron chi connectivity index (χ2n) is 2.52. The van der Waals surface area contributed by atoms with Gasteiger partial charge in [-0.1, -0.05) is 0 Å². The smallest absolute Gasteiger partial charge is 0.156 e. The highest BCUT2D eigenvalue weighted by molar-refractivity contribution is 5.59. The number of nitrogens with zero attached hydrogens (tertiary/aromatic N) is 2. The SMILES string of the molecule is CNc1nn(NC)c(NC)c1CN. The molecule has 5 N–H and O–H groups in total. The fourth-order valence-electron chi connectivity index (χ4n) is 1.26. The Morgan fingerprint density at radius 3 is 2.38 bits per heavy atom. The first kappa shape index (κ1) is 9.66. The Bertz CT molecular complexity index is 252. The van der Waals surface area contributed by atoms with E-state index in [0.717, 1.165) is 17.2 Å². The van der Waals surface area contributed by atoms with E-state index in [1.165, 1.54) is 0 Å². The van der Waals surface area contributed by atoms with Gasteiger partial charge in [0.1, 0.15) is 0 Å². The molecule has 6 nitrogen and oxygen atoms in total. The lowest BCUT2D eigenvalue weighted by Gasteiger charge is -2.05. The van der Waals surface area contributed by atoms with Gasteiger partial charge in [-0.2, -0.15) is 4.79 Å². The van der Waals surface area contributed by atoms with Crippen LogP contribution in [0.5, 0.6) is 0 Å². The number of rotatable bonds is 4. The lowest BCUT2D eigenvalue weighted by Crippen LogP contribution is -2.14. The zero-order valence-electron chi connectivity index (χ0n) is 8.18. The van der Waals surface area contributed by atoms with E-state index in [-0.39, 0.29) is 0 Å². The van der Waals surface area contributed by atoms with E-state index < -0.39 is 0 Å². The summed E-state index contributed by atoms with van der Waals surface area (Å²) in [5, 5.41) is 10.3. The molecule has 13 heavy (non-hydrogen) atoms. The van der Waals surface area contributed by atoms with Crippen molar-refractivity contribution in [2.45, 2.75) is 6.54 Å². The van der Waals surface area contributed by atoms with Crippen LogP contribution < -0.4 is 21.8 Å². The zero-order chi connectivity index (χ0) is 9.84. The van der Waals surface area contributed by atoms with E-state index in [1.807, 2.05) is 14.1 Å². The summed E-state index contributed by atoms with van der Waals surface area (Å²) < 4.78 is 0. The third-order valence-corrected chi connectivity index (χ3v) is 1.87. The Hall–Kier alpha value is -1.43. The van der Waals surface area contributed by atoms with Crippen molar-refractivity contribution >= 4 is 11.6 Å². The molecule has 0 saturated heterocycles. The van der Waals surface area contributed by atoms with Crippen molar-refractivity contribution in [1.82, 2.24) is 9.89 Å². The highest BCUT2D eigenvalue weighted by Crippen LogP contribution is 2.21. The summed E-state index contributed by atoms with van der Waals surface area (Å²) in [6.45, 7) is 0.452. The molecule has 1 rings (SSSR count). The molecule has 0 spiro atoms. The second kappa shape index (κ2) is 3.99. The minimum Gasteiger partial charge on any atom is -0.371 e. The molecule has 0 bridgehead atoms. The van der Waals surface area contributed by atoms with Crippen LogP contribution in [0, 0.1) is 0 Å². The van der Waals surface area contributed by atoms with Gasteiger partial charge in [0, 0.05) is 27.7 Å². The third kappa shape index (κ3) is 1.52. The van der Waals surface area contributed by atoms with Crippen molar-refractivity contribution in [3.63, 3.8) is 0 Å². The standard InChI is InChI=1S/C7H16N6/c1-9-6-5(4-8)7(10-2)13(11-3)12-6/h10-11H,4,8H2,1-3H3,(H,9,12). The number of nitrogens with one attached hydrogen (secondary N) is 3. The fourth-order valence-corrected chi connectivity index (χ4v) is 1.26. The van der Waals surface area contributed by atoms with Crippen molar-refractivity contribution in [3.05, 3.63) is 5.56 Å². The van der Waals surface area contributed by atoms with Gasteiger partial charge in [0.15, 0.2) is 11.6 Å². The molecule has 0 aliphatic carbocycles. The second-order valence-corrected chi connectivity index (χ2v) is 2.52. The molecule has 0 amide bonds. The zero-order valence-corrected chi connectivity index (χ0v) is 8.18. The van der Waals surface area contributed by atoms with Crippen LogP contribution in [-0.4, -0.2) is 31.0 Å². The Kier molecular flexibility index (Phi) is 2.97. The number of hydrogen-bond acceptors (Lipinski definition) is 5. The normalized spacial score (nSPS) is 9.85. The van der Waals surface area contributed by atoms with Crippen molar-refractivity contribution in [3.8, 4) is 0 Å². The van der Waals surface area contributed by atoms with Crippen molar-refractivity contribution in [1.29, 1.82) is 0 Å². The van der Waals surface area contributed by atoms with Crippen LogP contribution in [0.2, 0.25) is 0 Å². The maximum Gasteiger partial charge on any atom is 0.156 e. The van der Waals surface area contributed by atoms with E-state index in [0.29, 0.717) is 6.54 Å². The Morgan fingerprint density at radius 2 is 2.00 bits per heavy atom. The van der Waals surface area contributed by atoms with Crippen LogP contribution >= 0.6 is 0 Å². The van der Waals surface area contributed by atoms with Gasteiger partial charge in [0.25, 0.3) is 0 Å². The molecule has 0 aliphatic heterocycles. The molecule has 0 saturated carbocycles. The maximum absolute atomic E-state index is 5.61. The predicted molar refractivity (Wildman–Crippen MR) is 54.5 cm³/mol. The topological polar surface area (TPSA) is 79.9 Å². The van der Waals surface area contributed by atoms with E-state index in [2.05, 4.69) is 21.2 Å². The molecule has 0 unspecified atom stereocenters. The van der Waals surface area contributed by atoms with Crippen LogP contribution in [0.15, 0.2) is 0 Å². The first-order chi connectivity index (χ1) is 6.28. The minimum atomic E-state index is 0.452. The molecule has 0 radical (unpaired) electrons. The lowest BCUT2D eigenvalue weighted by atomic mass is 10.3. The fraction of sp³-hybridized carbons (Fsp3) is 0.571. The number of nitrogens with two attached hydrogens (primary N) is 1. The Morgan fingerprint density at radius 1 is 1.31 bits per heavy atom. The number of hydrogen-bond donors (Lipinski definition) is 4. The van der Waals surface area contributed by atoms with Crippen molar-refractivity contribution in [2.75, 3.05) is 37.2 Å². The molecule has 74 valence electrons. The highest BCUT2D eigenvalue weighted by Gasteiger charge is 2.13. The minimum absolute atomic E-state index is 0.452. The summed E-state index contributed by atoms with van der Waals surface area (Å²) in [5.74, 6) is 1.68. The van der Waals surface area contributed by atoms with Gasteiger partial charge in [-0.25, -0.2) is 0 Å². The average Bonchev–Trinajstić information content (AvgIpc) is 2.54. The average molecular weight is 184 g/mol. The van der Waals surface area contributed by atoms with Crippen LogP contribution in [0.1, 0.15) is 5.56 Å². The van der Waals surface area contributed by atoms with Gasteiger partial charge in [0.05, 0.1) is 5.56 Å². The first-order valence-electron chi connectivity index (χ1n) is 4.13. The quantitative estimate of drug-likeness (QED) is 0.512. The largest absolute Gasteiger partial charge is 0.371 e. The predicted octanol–water partition coefficient (Wildman–Crippen LogP) is -0.401. The van der Waals surface area contributed by atoms with Crippen LogP contribution in [0.4, 0.5) is 11.6 Å². The summed E-state index contributed by atoms with van der Waals surface area (Å²) in [7, 11) is 5.46. The van der Waals surface area contributed by atoms with Gasteiger partial charge < -0.3 is 21.8 Å². The number of anilines is 2. The highest BCUT2D eigenvalue weighted by atomic mass is 15.6. The lowest BCUT2D eigenvalue weighted by molar-refractivity contribution is 0.790. The molecular formula is C7H16N6. The van der Waals surface area contributed by atoms with E-state index in [9.17, 15) is 0 Å². The monoisotopic (exact) mass is 184 g/mol. The van der Waals surface area contributed by atoms with Gasteiger partial charge in [0.2, 0.25) is 0 Å². The number of aromatic nitrogens is 2. The van der Waals surface area contributed by atoms with Crippen LogP contribution in [0.25, 0.3) is 0 Å². The van der Waals surface area contributed by atoms with Gasteiger partial charge in [-0.05, 0) is 0 Å².